The summed E-state index contributed by atoms with van der Waals surface area (Å²) in [6, 6.07) is 53.8. The van der Waals surface area contributed by atoms with Crippen LogP contribution in [0.3, 0.4) is 0 Å². The number of fused-ring (bicyclic) bond motifs is 2. The fourth-order valence-electron chi connectivity index (χ4n) is 15.8. The number of para-hydroxylation sites is 2. The van der Waals surface area contributed by atoms with E-state index in [9.17, 15) is 96.0 Å². The van der Waals surface area contributed by atoms with Crippen LogP contribution in [-0.2, 0) is 118 Å². The topological polar surface area (TPSA) is 324 Å². The summed E-state index contributed by atoms with van der Waals surface area (Å²) in [6.45, 7) is 21.9. The number of amides is 3. The van der Waals surface area contributed by atoms with Gasteiger partial charge in [-0.15, -0.1) is 4.13 Å². The Morgan fingerprint density at radius 1 is 0.455 bits per heavy atom. The average Bonchev–Trinajstić information content (AvgIpc) is 1.58. The molecule has 4 fully saturated rings. The number of carbonyl (C=O) groups excluding carboxylic acids is 3. The quantitative estimate of drug-likeness (QED) is 0.00693. The van der Waals surface area contributed by atoms with Gasteiger partial charge in [-0.1, -0.05) is 200 Å². The molecule has 0 bridgehead atoms. The summed E-state index contributed by atoms with van der Waals surface area (Å²) >= 11 is 4.12. The third kappa shape index (κ3) is 40.2. The van der Waals surface area contributed by atoms with Crippen LogP contribution in [-0.4, -0.2) is 159 Å². The molecule has 1 aliphatic carbocycles. The molecule has 9 aromatic rings. The van der Waals surface area contributed by atoms with E-state index in [1.165, 1.54) is 177 Å². The van der Waals surface area contributed by atoms with E-state index in [1.54, 1.807) is 46.2 Å². The number of halogens is 11. The van der Waals surface area contributed by atoms with E-state index < -0.39 is 103 Å². The van der Waals surface area contributed by atoms with Gasteiger partial charge in [0.05, 0.1) is 48.9 Å². The summed E-state index contributed by atoms with van der Waals surface area (Å²) in [5.41, 5.74) is 14.2. The molecule has 13 rings (SSSR count). The Bertz CT molecular complexity index is 5960. The van der Waals surface area contributed by atoms with E-state index in [0.29, 0.717) is 64.0 Å². The van der Waals surface area contributed by atoms with Gasteiger partial charge in [-0.25, -0.2) is 56.3 Å². The number of sulfonamides is 5. The highest BCUT2D eigenvalue weighted by molar-refractivity contribution is 8.05. The van der Waals surface area contributed by atoms with Crippen LogP contribution in [0.1, 0.15) is 252 Å². The van der Waals surface area contributed by atoms with Crippen molar-refractivity contribution in [3.63, 3.8) is 0 Å². The molecule has 3 aliphatic heterocycles. The van der Waals surface area contributed by atoms with Crippen molar-refractivity contribution in [2.24, 2.45) is 14.1 Å². The van der Waals surface area contributed by atoms with Crippen molar-refractivity contribution in [3.05, 3.63) is 206 Å². The molecule has 23 nitrogen and oxygen atoms in total. The predicted octanol–water partition coefficient (Wildman–Crippen LogP) is 15.3. The number of alkyl halides is 9. The maximum Gasteiger partial charge on any atom is 0.460 e. The van der Waals surface area contributed by atoms with Crippen molar-refractivity contribution in [2.75, 3.05) is 66.7 Å². The van der Waals surface area contributed by atoms with Crippen LogP contribution in [0.25, 0.3) is 21.8 Å². The number of nitrogens with zero attached hydrogens (tertiary/aromatic N) is 4. The summed E-state index contributed by atoms with van der Waals surface area (Å²) in [7, 11) is -14.5. The summed E-state index contributed by atoms with van der Waals surface area (Å²) in [5, 5.41) is -1.91. The second kappa shape index (κ2) is 59.0. The van der Waals surface area contributed by atoms with E-state index in [2.05, 4.69) is 253 Å². The number of rotatable bonds is 37. The molecule has 4 aliphatic rings. The van der Waals surface area contributed by atoms with Gasteiger partial charge in [-0.3, -0.25) is 19.7 Å². The molecule has 7 aromatic carbocycles. The zero-order valence-electron chi connectivity index (χ0n) is 85.4. The van der Waals surface area contributed by atoms with Crippen LogP contribution in [0.5, 0.6) is 0 Å². The van der Waals surface area contributed by atoms with Gasteiger partial charge < -0.3 is 24.7 Å². The Morgan fingerprint density at radius 2 is 0.821 bits per heavy atom. The van der Waals surface area contributed by atoms with Gasteiger partial charge in [0.15, 0.2) is 16.9 Å². The minimum atomic E-state index is -7.50. The normalized spacial score (nSPS) is 14.8. The highest BCUT2D eigenvalue weighted by atomic mass is 127. The minimum absolute atomic E-state index is 0.0156. The molecule has 145 heavy (non-hydrogen) atoms. The second-order valence-electron chi connectivity index (χ2n) is 37.9. The molecule has 5 heterocycles. The maximum absolute atomic E-state index is 13.5. The molecule has 1 saturated carbocycles. The van der Waals surface area contributed by atoms with Crippen LogP contribution in [0, 0.1) is 7.14 Å². The molecule has 0 radical (unpaired) electrons. The lowest BCUT2D eigenvalue weighted by Gasteiger charge is -2.32. The third-order valence-corrected chi connectivity index (χ3v) is 39.3. The Kier molecular flexibility index (Phi) is 51.4. The monoisotopic (exact) mass is 2390 g/mol. The van der Waals surface area contributed by atoms with E-state index in [0.717, 1.165) is 82.8 Å². The molecule has 3 amide bonds. The van der Waals surface area contributed by atoms with Crippen molar-refractivity contribution in [1.82, 2.24) is 37.6 Å². The first kappa shape index (κ1) is 126. The molecule has 2 aromatic heterocycles. The first-order valence-corrected chi connectivity index (χ1v) is 62.2. The molecule has 41 heteroatoms. The Morgan fingerprint density at radius 3 is 1.19 bits per heavy atom. The summed E-state index contributed by atoms with van der Waals surface area (Å²) in [4.78, 5) is 42.1. The number of aryl methyl sites for hydroxylation is 2. The largest absolute Gasteiger partial charge is 0.460 e. The van der Waals surface area contributed by atoms with Crippen LogP contribution >= 0.6 is 0 Å². The minimum Gasteiger partial charge on any atom is -0.399 e. The van der Waals surface area contributed by atoms with Crippen molar-refractivity contribution in [3.8, 4) is 0 Å². The summed E-state index contributed by atoms with van der Waals surface area (Å²) in [6.07, 6.45) is 24.2. The van der Waals surface area contributed by atoms with Gasteiger partial charge >= 0.3 is 23.3 Å². The van der Waals surface area contributed by atoms with E-state index in [1.807, 2.05) is 35.9 Å². The lowest BCUT2D eigenvalue weighted by Crippen LogP contribution is -3.34. The number of nitrogen functional groups attached to an aromatic ring is 1. The zero-order chi connectivity index (χ0) is 108. The second-order valence-corrected chi connectivity index (χ2v) is 53.9. The van der Waals surface area contributed by atoms with Gasteiger partial charge in [0.1, 0.15) is 28.9 Å². The third-order valence-electron chi connectivity index (χ3n) is 25.1. The maximum atomic E-state index is 13.5. The first-order valence-electron chi connectivity index (χ1n) is 49.2. The van der Waals surface area contributed by atoms with Crippen LogP contribution in [0.4, 0.5) is 50.9 Å². The lowest BCUT2D eigenvalue weighted by molar-refractivity contribution is -0.382. The summed E-state index contributed by atoms with van der Waals surface area (Å²) in [5.74, 6) is -12.2. The number of unbranched alkanes of at least 4 members (excludes halogenated alkanes) is 10. The average molecular weight is 2400 g/mol. The number of hydrogen-bond donors (Lipinski definition) is 6. The van der Waals surface area contributed by atoms with Gasteiger partial charge in [0.25, 0.3) is 85.3 Å². The Labute approximate surface area is 887 Å². The number of carbonyl (C=O) groups is 3. The molecule has 808 valence electrons. The highest BCUT2D eigenvalue weighted by Gasteiger charge is 2.85. The Balaban J connectivity index is 0.000000258. The van der Waals surface area contributed by atoms with E-state index >= 15 is 0 Å². The van der Waals surface area contributed by atoms with Crippen molar-refractivity contribution in [1.29, 1.82) is 0 Å². The van der Waals surface area contributed by atoms with Crippen LogP contribution in [0.15, 0.2) is 207 Å². The van der Waals surface area contributed by atoms with Gasteiger partial charge in [-0.2, -0.15) is 39.5 Å². The van der Waals surface area contributed by atoms with Crippen molar-refractivity contribution >= 4 is 123 Å². The standard InChI is InChI=1S/C19H30N2O3S.C18H30N2O3S.2C13H16NS.C11H15F9N2O4S2.2C11H16I.C8H10N2O3S/c1-2-3-4-5-6-7-10-19(22)20-25(23,24)18-13-11-17(12-14-18)21-15-8-9-16-21;1-4-5-6-7-8-9-10-18(21)19-24(22,23)17-13-11-16(12-14-17)15-20(2)3;2*1-14-10-13(15-8-4-5-9-15)11-6-2-3-7-12(11)14;12-8(13,10(16,17)18)9(14,15)11(19,20)28(25,26)22-27(23,24)6-21-7-4-2-1-3-5-7;2*1-4-11(2,3)9-5-7-10(12)8-6-9;1-6(11)10-14(12,13)8-4-2-7(9)3-5-8/h11-14H,2-10,15-16H2,1H3,(H,20,22);11-14H,4-10,15H2,1-3H3,(H,19,21);2*2-3,6-7,10H,4-5,8-9H2,1H3;7,21-22H,1-6H2;2*5-8,12H,4H2,1-3H3;2-5H,9H2,1H3,(H,10,11)/q;;2*+1;;2*+1;. The molecular formula is C104H149F9I2N10O13S7+4. The molecule has 3 saturated heterocycles. The molecule has 7 N–H and O–H groups in total. The number of anilines is 2. The number of hydrogen-bond acceptors (Lipinski definition) is 17. The van der Waals surface area contributed by atoms with Crippen molar-refractivity contribution < 1.29 is 141 Å². The lowest BCUT2D eigenvalue weighted by atomic mass is 9.82. The number of nitrogens with one attached hydrogen (secondary N) is 5. The molecule has 0 atom stereocenters. The zero-order valence-corrected chi connectivity index (χ0v) is 95.8. The molecule has 0 unspecified atom stereocenters. The fraction of sp³-hybridized carbons (Fsp3) is 0.529. The van der Waals surface area contributed by atoms with E-state index in [4.69, 9.17) is 5.73 Å². The molecule has 0 spiro atoms. The first-order chi connectivity index (χ1) is 67.9. The van der Waals surface area contributed by atoms with Crippen LogP contribution in [0.2, 0.25) is 0 Å². The number of benzene rings is 7. The SMILES string of the molecule is CC(=O)NS(=O)(=O)c1ccc(N)cc1.CCC(C)(C)c1ccc([IH+])cc1.CCC(C)(C)c1ccc([IH+])cc1.CCCCCCCCC(=O)NS(=O)(=O)c1ccc(CN(C)C)cc1.CCCCCCCCC(=O)NS(=O)(=O)c1ccc(N2CCCC2)cc1.Cn1cc([S+]2CCCC2)c2ccccc21.Cn1cc([S+]2CCCC2)c2ccccc21.O=S(=O)(CNC1CCCCC1)NS(=O)(=O)C(F)(F)C(F)(F)C(F)(F)C(F)(F)F. The predicted molar refractivity (Wildman–Crippen MR) is 562 cm³/mol. The summed E-state index contributed by atoms with van der Waals surface area (Å²) < 4.78 is 246. The van der Waals surface area contributed by atoms with Gasteiger partial charge in [0, 0.05) is 92.7 Å². The number of nitrogens with two attached hydrogens (primary N) is 1. The van der Waals surface area contributed by atoms with Crippen LogP contribution < -0.4 is 79.4 Å². The highest BCUT2D eigenvalue weighted by Crippen LogP contribution is 2.55. The Hall–Kier alpha value is -7.21. The van der Waals surface area contributed by atoms with Crippen molar-refractivity contribution in [2.45, 2.75) is 307 Å². The van der Waals surface area contributed by atoms with Gasteiger partial charge in [-0.05, 0) is 228 Å². The number of aromatic nitrogens is 2. The van der Waals surface area contributed by atoms with E-state index in [-0.39, 0.29) is 31.7 Å². The smallest absolute Gasteiger partial charge is 0.399 e. The van der Waals surface area contributed by atoms with Gasteiger partial charge in [0.2, 0.25) is 27.7 Å². The fourth-order valence-corrected chi connectivity index (χ4v) is 27.6. The molecular weight excluding hydrogens is 2250 g/mol.